The Morgan fingerprint density at radius 3 is 3.00 bits per heavy atom. The normalized spacial score (nSPS) is 11.5. The van der Waals surface area contributed by atoms with Crippen molar-refractivity contribution in [2.24, 2.45) is 7.05 Å². The Balaban J connectivity index is 1.76. The molecule has 0 aliphatic carbocycles. The first-order chi connectivity index (χ1) is 11.5. The van der Waals surface area contributed by atoms with Gasteiger partial charge in [0, 0.05) is 18.0 Å². The fraction of sp³-hybridized carbons (Fsp3) is 0.200. The monoisotopic (exact) mass is 405 g/mol. The molecule has 0 spiro atoms. The molecule has 4 heterocycles. The molecule has 0 fully saturated rings. The van der Waals surface area contributed by atoms with E-state index in [0.29, 0.717) is 39.5 Å². The molecule has 0 unspecified atom stereocenters. The highest BCUT2D eigenvalue weighted by Crippen LogP contribution is 2.24. The lowest BCUT2D eigenvalue weighted by Crippen LogP contribution is -2.21. The summed E-state index contributed by atoms with van der Waals surface area (Å²) in [5, 5.41) is 8.58. The van der Waals surface area contributed by atoms with Gasteiger partial charge in [-0.05, 0) is 34.3 Å². The second-order valence-electron chi connectivity index (χ2n) is 5.32. The van der Waals surface area contributed by atoms with Gasteiger partial charge in [0.05, 0.1) is 6.54 Å². The molecule has 0 aliphatic rings. The van der Waals surface area contributed by atoms with Crippen molar-refractivity contribution in [3.63, 3.8) is 0 Å². The molecule has 7 nitrogen and oxygen atoms in total. The Bertz CT molecular complexity index is 1090. The largest absolute Gasteiger partial charge is 0.441 e. The molecule has 0 radical (unpaired) electrons. The summed E-state index contributed by atoms with van der Waals surface area (Å²) in [7, 11) is 1.75. The van der Waals surface area contributed by atoms with Crippen LogP contribution in [0, 0.1) is 6.92 Å². The molecule has 9 heteroatoms. The second-order valence-corrected chi connectivity index (χ2v) is 6.86. The van der Waals surface area contributed by atoms with Crippen LogP contribution in [0.2, 0.25) is 0 Å². The molecule has 0 saturated heterocycles. The summed E-state index contributed by atoms with van der Waals surface area (Å²) in [6, 6.07) is 1.95. The minimum Gasteiger partial charge on any atom is -0.441 e. The lowest BCUT2D eigenvalue weighted by Gasteiger charge is -2.03. The summed E-state index contributed by atoms with van der Waals surface area (Å²) < 4.78 is 9.29. The molecule has 24 heavy (non-hydrogen) atoms. The maximum absolute atomic E-state index is 12.7. The molecule has 0 aliphatic heterocycles. The van der Waals surface area contributed by atoms with Crippen molar-refractivity contribution in [3.05, 3.63) is 49.6 Å². The number of aryl methyl sites for hydroxylation is 2. The van der Waals surface area contributed by atoms with Crippen LogP contribution in [0.15, 0.2) is 37.0 Å². The summed E-state index contributed by atoms with van der Waals surface area (Å²) >= 11 is 4.90. The van der Waals surface area contributed by atoms with Crippen molar-refractivity contribution in [1.29, 1.82) is 0 Å². The van der Waals surface area contributed by atoms with E-state index in [1.165, 1.54) is 10.9 Å². The van der Waals surface area contributed by atoms with Gasteiger partial charge >= 0.3 is 0 Å². The summed E-state index contributed by atoms with van der Waals surface area (Å²) in [6.45, 7) is 2.14. The van der Waals surface area contributed by atoms with E-state index in [4.69, 9.17) is 4.42 Å². The zero-order valence-electron chi connectivity index (χ0n) is 12.9. The molecule has 4 aromatic rings. The van der Waals surface area contributed by atoms with Crippen molar-refractivity contribution in [2.45, 2.75) is 13.5 Å². The molecular formula is C15H12BrN5O2S. The van der Waals surface area contributed by atoms with Crippen LogP contribution in [-0.2, 0) is 13.6 Å². The van der Waals surface area contributed by atoms with Crippen LogP contribution in [0.5, 0.6) is 0 Å². The van der Waals surface area contributed by atoms with Crippen LogP contribution < -0.4 is 5.56 Å². The van der Waals surface area contributed by atoms with E-state index in [0.717, 1.165) is 5.56 Å². The smallest absolute Gasteiger partial charge is 0.266 e. The minimum atomic E-state index is -0.167. The summed E-state index contributed by atoms with van der Waals surface area (Å²) in [5.41, 5.74) is 2.02. The van der Waals surface area contributed by atoms with Gasteiger partial charge in [0.2, 0.25) is 5.89 Å². The number of fused-ring (bicyclic) bond motifs is 1. The summed E-state index contributed by atoms with van der Waals surface area (Å²) in [4.78, 5) is 21.5. The van der Waals surface area contributed by atoms with Crippen molar-refractivity contribution in [3.8, 4) is 11.5 Å². The van der Waals surface area contributed by atoms with Gasteiger partial charge in [0.1, 0.15) is 27.8 Å². The number of hydrogen-bond acceptors (Lipinski definition) is 6. The van der Waals surface area contributed by atoms with E-state index >= 15 is 0 Å². The number of nitrogens with zero attached hydrogens (tertiary/aromatic N) is 5. The van der Waals surface area contributed by atoms with Gasteiger partial charge in [-0.2, -0.15) is 16.4 Å². The summed E-state index contributed by atoms with van der Waals surface area (Å²) in [6.07, 6.45) is 1.51. The molecule has 0 bridgehead atoms. The van der Waals surface area contributed by atoms with Crippen molar-refractivity contribution in [1.82, 2.24) is 24.3 Å². The van der Waals surface area contributed by atoms with Crippen LogP contribution in [0.3, 0.4) is 0 Å². The number of thiophene rings is 1. The maximum Gasteiger partial charge on any atom is 0.266 e. The molecule has 4 rings (SSSR count). The fourth-order valence-corrected chi connectivity index (χ4v) is 3.71. The topological polar surface area (TPSA) is 78.7 Å². The SMILES string of the molecule is Cc1oc(-c2ccsc2)nc1Cn1cnc2c(c(Br)nn2C)c1=O. The van der Waals surface area contributed by atoms with E-state index in [1.807, 2.05) is 23.8 Å². The first-order valence-electron chi connectivity index (χ1n) is 7.11. The Kier molecular flexibility index (Phi) is 3.61. The Morgan fingerprint density at radius 2 is 2.25 bits per heavy atom. The van der Waals surface area contributed by atoms with Gasteiger partial charge < -0.3 is 4.42 Å². The van der Waals surface area contributed by atoms with Gasteiger partial charge in [-0.1, -0.05) is 0 Å². The second kappa shape index (κ2) is 5.67. The van der Waals surface area contributed by atoms with E-state index < -0.39 is 0 Å². The first kappa shape index (κ1) is 15.3. The standard InChI is InChI=1S/C15H12BrN5O2S/c1-8-10(18-14(23-8)9-3-4-24-6-9)5-21-7-17-13-11(15(21)22)12(16)19-20(13)2/h3-4,6-7H,5H2,1-2H3. The highest BCUT2D eigenvalue weighted by Gasteiger charge is 2.16. The molecule has 4 aromatic heterocycles. The lowest BCUT2D eigenvalue weighted by molar-refractivity contribution is 0.537. The van der Waals surface area contributed by atoms with Crippen LogP contribution in [0.1, 0.15) is 11.5 Å². The van der Waals surface area contributed by atoms with E-state index in [-0.39, 0.29) is 5.56 Å². The van der Waals surface area contributed by atoms with Crippen LogP contribution in [-0.4, -0.2) is 24.3 Å². The Morgan fingerprint density at radius 1 is 1.42 bits per heavy atom. The Labute approximate surface area is 148 Å². The number of aromatic nitrogens is 5. The lowest BCUT2D eigenvalue weighted by atomic mass is 10.3. The molecular weight excluding hydrogens is 394 g/mol. The predicted octanol–water partition coefficient (Wildman–Crippen LogP) is 2.97. The fourth-order valence-electron chi connectivity index (χ4n) is 2.49. The molecule has 0 atom stereocenters. The molecule has 0 aromatic carbocycles. The predicted molar refractivity (Wildman–Crippen MR) is 94.1 cm³/mol. The third-order valence-electron chi connectivity index (χ3n) is 3.75. The third-order valence-corrected chi connectivity index (χ3v) is 4.99. The average molecular weight is 406 g/mol. The number of hydrogen-bond donors (Lipinski definition) is 0. The third kappa shape index (κ3) is 2.40. The molecule has 0 saturated carbocycles. The highest BCUT2D eigenvalue weighted by atomic mass is 79.9. The quantitative estimate of drug-likeness (QED) is 0.523. The van der Waals surface area contributed by atoms with Crippen molar-refractivity contribution in [2.75, 3.05) is 0 Å². The molecule has 122 valence electrons. The first-order valence-corrected chi connectivity index (χ1v) is 8.84. The van der Waals surface area contributed by atoms with Gasteiger partial charge in [0.25, 0.3) is 5.56 Å². The number of rotatable bonds is 3. The van der Waals surface area contributed by atoms with E-state index in [1.54, 1.807) is 23.1 Å². The molecule has 0 amide bonds. The highest BCUT2D eigenvalue weighted by molar-refractivity contribution is 9.10. The van der Waals surface area contributed by atoms with Gasteiger partial charge in [-0.15, -0.1) is 0 Å². The van der Waals surface area contributed by atoms with Crippen LogP contribution in [0.4, 0.5) is 0 Å². The summed E-state index contributed by atoms with van der Waals surface area (Å²) in [5.74, 6) is 1.25. The Hall–Kier alpha value is -2.26. The van der Waals surface area contributed by atoms with Crippen LogP contribution in [0.25, 0.3) is 22.5 Å². The van der Waals surface area contributed by atoms with Gasteiger partial charge in [-0.3, -0.25) is 9.36 Å². The van der Waals surface area contributed by atoms with Gasteiger partial charge in [-0.25, -0.2) is 14.6 Å². The van der Waals surface area contributed by atoms with Crippen molar-refractivity contribution >= 4 is 38.3 Å². The zero-order chi connectivity index (χ0) is 16.8. The van der Waals surface area contributed by atoms with Crippen LogP contribution >= 0.6 is 27.3 Å². The number of halogens is 1. The number of oxazole rings is 1. The maximum atomic E-state index is 12.7. The molecule has 0 N–H and O–H groups in total. The van der Waals surface area contributed by atoms with Gasteiger partial charge in [0.15, 0.2) is 5.65 Å². The van der Waals surface area contributed by atoms with E-state index in [2.05, 4.69) is 31.0 Å². The average Bonchev–Trinajstić information content (AvgIpc) is 3.24. The van der Waals surface area contributed by atoms with Crippen molar-refractivity contribution < 1.29 is 4.42 Å². The minimum absolute atomic E-state index is 0.167. The zero-order valence-corrected chi connectivity index (χ0v) is 15.3. The van der Waals surface area contributed by atoms with E-state index in [9.17, 15) is 4.79 Å².